The topological polar surface area (TPSA) is 124 Å². The highest BCUT2D eigenvalue weighted by Gasteiger charge is 2.20. The van der Waals surface area contributed by atoms with Gasteiger partial charge in [-0.3, -0.25) is 9.59 Å². The molecular weight excluding hydrogens is 232 g/mol. The van der Waals surface area contributed by atoms with Crippen LogP contribution in [0.2, 0.25) is 0 Å². The number of nitrogens with two attached hydrogens (primary N) is 3. The maximum absolute atomic E-state index is 11.2. The Balaban J connectivity index is 2.95. The second-order valence-corrected chi connectivity index (χ2v) is 4.82. The molecule has 98 valence electrons. The first-order valence-electron chi connectivity index (χ1n) is 5.47. The second-order valence-electron chi connectivity index (χ2n) is 4.82. The minimum Gasteiger partial charge on any atom is -0.398 e. The predicted octanol–water partition coefficient (Wildman–Crippen LogP) is 0.434. The summed E-state index contributed by atoms with van der Waals surface area (Å²) in [4.78, 5) is 22.1. The van der Waals surface area contributed by atoms with Crippen LogP contribution in [0.4, 0.5) is 11.4 Å². The molecule has 1 aromatic carbocycles. The second kappa shape index (κ2) is 4.95. The third-order valence-corrected chi connectivity index (χ3v) is 2.42. The fourth-order valence-corrected chi connectivity index (χ4v) is 1.72. The van der Waals surface area contributed by atoms with Gasteiger partial charge in [0.15, 0.2) is 0 Å². The van der Waals surface area contributed by atoms with Gasteiger partial charge in [-0.2, -0.15) is 0 Å². The molecule has 1 rings (SSSR count). The molecule has 0 saturated carbocycles. The Hall–Kier alpha value is -2.24. The number of nitrogens with one attached hydrogen (secondary N) is 1. The summed E-state index contributed by atoms with van der Waals surface area (Å²) >= 11 is 0. The van der Waals surface area contributed by atoms with Gasteiger partial charge < -0.3 is 22.5 Å². The van der Waals surface area contributed by atoms with E-state index in [0.717, 1.165) is 0 Å². The van der Waals surface area contributed by atoms with E-state index in [2.05, 4.69) is 5.32 Å². The largest absolute Gasteiger partial charge is 0.398 e. The van der Waals surface area contributed by atoms with Crippen LogP contribution in [0.3, 0.4) is 0 Å². The summed E-state index contributed by atoms with van der Waals surface area (Å²) in [6.07, 6.45) is 0.170. The first-order chi connectivity index (χ1) is 8.21. The van der Waals surface area contributed by atoms with E-state index in [4.69, 9.17) is 17.2 Å². The monoisotopic (exact) mass is 250 g/mol. The van der Waals surface area contributed by atoms with Gasteiger partial charge in [0.25, 0.3) is 5.91 Å². The highest BCUT2D eigenvalue weighted by Crippen LogP contribution is 2.22. The van der Waals surface area contributed by atoms with Crippen molar-refractivity contribution in [1.29, 1.82) is 0 Å². The van der Waals surface area contributed by atoms with Gasteiger partial charge in [0.05, 0.1) is 5.56 Å². The Bertz CT molecular complexity index is 483. The lowest BCUT2D eigenvalue weighted by Crippen LogP contribution is -2.36. The van der Waals surface area contributed by atoms with Crippen LogP contribution in [-0.4, -0.2) is 17.4 Å². The van der Waals surface area contributed by atoms with Crippen molar-refractivity contribution in [3.05, 3.63) is 23.8 Å². The molecule has 6 nitrogen and oxygen atoms in total. The molecule has 0 unspecified atom stereocenters. The Labute approximate surface area is 106 Å². The number of nitrogen functional groups attached to an aromatic ring is 1. The molecule has 1 aromatic rings. The lowest BCUT2D eigenvalue weighted by atomic mass is 9.99. The number of hydrogen-bond acceptors (Lipinski definition) is 4. The van der Waals surface area contributed by atoms with Crippen LogP contribution in [0.1, 0.15) is 30.6 Å². The summed E-state index contributed by atoms with van der Waals surface area (Å²) in [6, 6.07) is 4.85. The van der Waals surface area contributed by atoms with Crippen LogP contribution < -0.4 is 22.5 Å². The van der Waals surface area contributed by atoms with Gasteiger partial charge in [-0.25, -0.2) is 0 Å². The number of primary amides is 2. The molecule has 0 aliphatic carbocycles. The first kappa shape index (κ1) is 13.8. The SMILES string of the molecule is CC(C)(CC(N)=O)Nc1ccc(N)c(C(N)=O)c1. The number of amides is 2. The predicted molar refractivity (Wildman–Crippen MR) is 70.9 cm³/mol. The zero-order valence-corrected chi connectivity index (χ0v) is 10.5. The molecule has 0 fully saturated rings. The minimum atomic E-state index is -0.594. The normalized spacial score (nSPS) is 11.0. The lowest BCUT2D eigenvalue weighted by molar-refractivity contribution is -0.118. The average molecular weight is 250 g/mol. The van der Waals surface area contributed by atoms with Crippen LogP contribution in [0, 0.1) is 0 Å². The Morgan fingerprint density at radius 3 is 2.39 bits per heavy atom. The van der Waals surface area contributed by atoms with Crippen molar-refractivity contribution < 1.29 is 9.59 Å². The molecule has 2 amide bonds. The van der Waals surface area contributed by atoms with Crippen molar-refractivity contribution in [2.75, 3.05) is 11.1 Å². The zero-order valence-electron chi connectivity index (χ0n) is 10.5. The van der Waals surface area contributed by atoms with Gasteiger partial charge in [-0.05, 0) is 32.0 Å². The molecule has 0 aliphatic rings. The van der Waals surface area contributed by atoms with Crippen molar-refractivity contribution in [2.45, 2.75) is 25.8 Å². The molecule has 0 heterocycles. The average Bonchev–Trinajstić information content (AvgIpc) is 2.18. The van der Waals surface area contributed by atoms with E-state index in [1.165, 1.54) is 0 Å². The smallest absolute Gasteiger partial charge is 0.250 e. The highest BCUT2D eigenvalue weighted by molar-refractivity contribution is 5.99. The maximum atomic E-state index is 11.2. The number of carbonyl (C=O) groups is 2. The molecule has 0 atom stereocenters. The van der Waals surface area contributed by atoms with Crippen molar-refractivity contribution in [2.24, 2.45) is 11.5 Å². The van der Waals surface area contributed by atoms with Crippen molar-refractivity contribution in [1.82, 2.24) is 0 Å². The zero-order chi connectivity index (χ0) is 13.9. The fourth-order valence-electron chi connectivity index (χ4n) is 1.72. The van der Waals surface area contributed by atoms with Gasteiger partial charge in [0, 0.05) is 23.3 Å². The molecule has 18 heavy (non-hydrogen) atoms. The molecule has 0 saturated heterocycles. The molecule has 0 radical (unpaired) electrons. The van der Waals surface area contributed by atoms with Crippen LogP contribution in [0.25, 0.3) is 0 Å². The van der Waals surface area contributed by atoms with Gasteiger partial charge in [0.2, 0.25) is 5.91 Å². The van der Waals surface area contributed by atoms with Crippen LogP contribution in [0.5, 0.6) is 0 Å². The summed E-state index contributed by atoms with van der Waals surface area (Å²) in [6.45, 7) is 3.66. The van der Waals surface area contributed by atoms with E-state index in [0.29, 0.717) is 11.4 Å². The van der Waals surface area contributed by atoms with Gasteiger partial charge in [-0.1, -0.05) is 0 Å². The van der Waals surface area contributed by atoms with Crippen LogP contribution >= 0.6 is 0 Å². The van der Waals surface area contributed by atoms with Gasteiger partial charge in [0.1, 0.15) is 0 Å². The van der Waals surface area contributed by atoms with Gasteiger partial charge >= 0.3 is 0 Å². The molecule has 0 bridgehead atoms. The molecule has 6 heteroatoms. The third kappa shape index (κ3) is 3.65. The van der Waals surface area contributed by atoms with Crippen molar-refractivity contribution >= 4 is 23.2 Å². The number of hydrogen-bond donors (Lipinski definition) is 4. The Morgan fingerprint density at radius 2 is 1.89 bits per heavy atom. The third-order valence-electron chi connectivity index (χ3n) is 2.42. The summed E-state index contributed by atoms with van der Waals surface area (Å²) in [5, 5.41) is 3.11. The minimum absolute atomic E-state index is 0.170. The van der Waals surface area contributed by atoms with E-state index >= 15 is 0 Å². The van der Waals surface area contributed by atoms with E-state index < -0.39 is 17.4 Å². The summed E-state index contributed by atoms with van der Waals surface area (Å²) in [5.74, 6) is -0.998. The van der Waals surface area contributed by atoms with Gasteiger partial charge in [-0.15, -0.1) is 0 Å². The highest BCUT2D eigenvalue weighted by atomic mass is 16.1. The molecular formula is C12H18N4O2. The van der Waals surface area contributed by atoms with E-state index in [1.54, 1.807) is 18.2 Å². The van der Waals surface area contributed by atoms with E-state index in [-0.39, 0.29) is 12.0 Å². The summed E-state index contributed by atoms with van der Waals surface area (Å²) in [5.41, 5.74) is 16.7. The molecule has 0 spiro atoms. The van der Waals surface area contributed by atoms with Crippen molar-refractivity contribution in [3.8, 4) is 0 Å². The van der Waals surface area contributed by atoms with Crippen molar-refractivity contribution in [3.63, 3.8) is 0 Å². The number of rotatable bonds is 5. The lowest BCUT2D eigenvalue weighted by Gasteiger charge is -2.26. The van der Waals surface area contributed by atoms with E-state index in [9.17, 15) is 9.59 Å². The number of benzene rings is 1. The first-order valence-corrected chi connectivity index (χ1v) is 5.47. The van der Waals surface area contributed by atoms with Crippen LogP contribution in [0.15, 0.2) is 18.2 Å². The number of carbonyl (C=O) groups excluding carboxylic acids is 2. The fraction of sp³-hybridized carbons (Fsp3) is 0.333. The van der Waals surface area contributed by atoms with E-state index in [1.807, 2.05) is 13.8 Å². The molecule has 7 N–H and O–H groups in total. The van der Waals surface area contributed by atoms with Crippen LogP contribution in [-0.2, 0) is 4.79 Å². The number of anilines is 2. The Morgan fingerprint density at radius 1 is 1.28 bits per heavy atom. The Kier molecular flexibility index (Phi) is 3.80. The maximum Gasteiger partial charge on any atom is 0.250 e. The quantitative estimate of drug-likeness (QED) is 0.566. The molecule has 0 aliphatic heterocycles. The summed E-state index contributed by atoms with van der Waals surface area (Å²) < 4.78 is 0. The standard InChI is InChI=1S/C12H18N4O2/c1-12(2,6-10(14)17)16-7-3-4-9(13)8(5-7)11(15)18/h3-5,16H,6,13H2,1-2H3,(H2,14,17)(H2,15,18). The summed E-state index contributed by atoms with van der Waals surface area (Å²) in [7, 11) is 0. The molecule has 0 aromatic heterocycles.